The highest BCUT2D eigenvalue weighted by molar-refractivity contribution is 6.04. The Hall–Kier alpha value is -3.53. The molecule has 44 heavy (non-hydrogen) atoms. The first kappa shape index (κ1) is 30.5. The van der Waals surface area contributed by atoms with Crippen LogP contribution in [0.2, 0.25) is 0 Å². The van der Waals surface area contributed by atoms with Crippen molar-refractivity contribution >= 4 is 17.4 Å². The fourth-order valence-electron chi connectivity index (χ4n) is 8.46. The number of alkyl halides is 5. The van der Waals surface area contributed by atoms with Crippen LogP contribution < -0.4 is 10.1 Å². The predicted molar refractivity (Wildman–Crippen MR) is 154 cm³/mol. The van der Waals surface area contributed by atoms with E-state index in [0.29, 0.717) is 48.2 Å². The number of hydrogen-bond acceptors (Lipinski definition) is 4. The van der Waals surface area contributed by atoms with Crippen molar-refractivity contribution in [2.24, 2.45) is 17.3 Å². The van der Waals surface area contributed by atoms with Gasteiger partial charge in [0.05, 0.1) is 7.11 Å². The first-order valence-corrected chi connectivity index (χ1v) is 14.9. The number of amides is 1. The number of rotatable bonds is 5. The average molecular weight is 616 g/mol. The molecule has 234 valence electrons. The molecule has 4 aliphatic rings. The van der Waals surface area contributed by atoms with E-state index in [1.54, 1.807) is 54.6 Å². The van der Waals surface area contributed by atoms with Crippen molar-refractivity contribution in [3.05, 3.63) is 82.5 Å². The van der Waals surface area contributed by atoms with Crippen LogP contribution in [0.15, 0.2) is 71.3 Å². The quantitative estimate of drug-likeness (QED) is 0.337. The number of anilines is 1. The number of benzene rings is 2. The molecule has 2 aromatic rings. The van der Waals surface area contributed by atoms with E-state index in [-0.39, 0.29) is 30.4 Å². The van der Waals surface area contributed by atoms with Crippen molar-refractivity contribution in [2.45, 2.75) is 75.5 Å². The van der Waals surface area contributed by atoms with E-state index in [1.807, 2.05) is 0 Å². The minimum atomic E-state index is -5.90. The second kappa shape index (κ2) is 10.5. The molecule has 5 atom stereocenters. The van der Waals surface area contributed by atoms with Gasteiger partial charge in [0.25, 0.3) is 5.91 Å². The van der Waals surface area contributed by atoms with Crippen molar-refractivity contribution in [2.75, 3.05) is 12.4 Å². The number of fused-ring (bicyclic) bond motifs is 4. The number of halogens is 5. The number of aliphatic hydroxyl groups is 1. The second-order valence-electron chi connectivity index (χ2n) is 12.8. The maximum atomic E-state index is 15.2. The molecule has 0 spiro atoms. The van der Waals surface area contributed by atoms with Crippen molar-refractivity contribution < 1.29 is 41.4 Å². The summed E-state index contributed by atoms with van der Waals surface area (Å²) in [6.07, 6.45) is -3.15. The van der Waals surface area contributed by atoms with Crippen LogP contribution in [0.3, 0.4) is 0 Å². The Kier molecular flexibility index (Phi) is 7.30. The van der Waals surface area contributed by atoms with Gasteiger partial charge in [0.1, 0.15) is 11.4 Å². The molecule has 6 rings (SSSR count). The van der Waals surface area contributed by atoms with Crippen molar-refractivity contribution in [3.63, 3.8) is 0 Å². The van der Waals surface area contributed by atoms with E-state index >= 15 is 8.78 Å². The SMILES string of the molecule is COc1ccc(NC(=O)c2ccc([C@H]3C[C@@]4(C)C(CC[C@]4(O)C(F)(F)C(F)(F)F)C4CCC5=CC(=O)CCC5=C43)cc2)cc1. The molecule has 0 heterocycles. The second-order valence-corrected chi connectivity index (χ2v) is 12.8. The molecule has 2 aromatic carbocycles. The van der Waals surface area contributed by atoms with Gasteiger partial charge < -0.3 is 15.2 Å². The predicted octanol–water partition coefficient (Wildman–Crippen LogP) is 7.78. The number of carbonyl (C=O) groups excluding carboxylic acids is 2. The molecule has 1 amide bonds. The molecule has 0 bridgehead atoms. The van der Waals surface area contributed by atoms with Crippen LogP contribution in [0.5, 0.6) is 5.75 Å². The number of ketones is 1. The van der Waals surface area contributed by atoms with Crippen LogP contribution in [0.4, 0.5) is 27.6 Å². The van der Waals surface area contributed by atoms with Crippen LogP contribution in [-0.4, -0.2) is 41.6 Å². The molecule has 10 heteroatoms. The van der Waals surface area contributed by atoms with Gasteiger partial charge in [-0.1, -0.05) is 24.6 Å². The summed E-state index contributed by atoms with van der Waals surface area (Å²) in [6.45, 7) is 1.39. The highest BCUT2D eigenvalue weighted by Crippen LogP contribution is 2.70. The molecule has 0 saturated heterocycles. The van der Waals surface area contributed by atoms with Gasteiger partial charge in [-0.2, -0.15) is 22.0 Å². The normalized spacial score (nSPS) is 30.2. The Morgan fingerprint density at radius 1 is 0.977 bits per heavy atom. The molecule has 2 N–H and O–H groups in total. The van der Waals surface area contributed by atoms with Gasteiger partial charge in [0.2, 0.25) is 0 Å². The molecule has 4 aliphatic carbocycles. The lowest BCUT2D eigenvalue weighted by Gasteiger charge is -2.56. The van der Waals surface area contributed by atoms with Crippen LogP contribution in [0.25, 0.3) is 0 Å². The van der Waals surface area contributed by atoms with Crippen LogP contribution in [-0.2, 0) is 4.79 Å². The van der Waals surface area contributed by atoms with E-state index in [9.17, 15) is 27.9 Å². The fraction of sp³-hybridized carbons (Fsp3) is 0.471. The summed E-state index contributed by atoms with van der Waals surface area (Å²) in [4.78, 5) is 25.2. The highest BCUT2D eigenvalue weighted by Gasteiger charge is 2.79. The summed E-state index contributed by atoms with van der Waals surface area (Å²) in [7, 11) is 1.54. The molecule has 2 saturated carbocycles. The monoisotopic (exact) mass is 615 g/mol. The van der Waals surface area contributed by atoms with E-state index in [4.69, 9.17) is 4.74 Å². The van der Waals surface area contributed by atoms with Crippen LogP contribution in [0, 0.1) is 17.3 Å². The molecule has 0 aliphatic heterocycles. The van der Waals surface area contributed by atoms with Gasteiger partial charge in [-0.3, -0.25) is 9.59 Å². The van der Waals surface area contributed by atoms with Crippen molar-refractivity contribution in [3.8, 4) is 5.75 Å². The Morgan fingerprint density at radius 3 is 2.30 bits per heavy atom. The van der Waals surface area contributed by atoms with Gasteiger partial charge in [-0.15, -0.1) is 0 Å². The Bertz CT molecular complexity index is 1540. The van der Waals surface area contributed by atoms with Gasteiger partial charge in [-0.05, 0) is 110 Å². The van der Waals surface area contributed by atoms with E-state index in [2.05, 4.69) is 5.32 Å². The summed E-state index contributed by atoms with van der Waals surface area (Å²) >= 11 is 0. The van der Waals surface area contributed by atoms with Gasteiger partial charge in [0, 0.05) is 29.0 Å². The maximum absolute atomic E-state index is 15.2. The Morgan fingerprint density at radius 2 is 1.66 bits per heavy atom. The van der Waals surface area contributed by atoms with E-state index in [0.717, 1.165) is 16.7 Å². The topological polar surface area (TPSA) is 75.6 Å². The lowest BCUT2D eigenvalue weighted by Crippen LogP contribution is -2.65. The third kappa shape index (κ3) is 4.59. The van der Waals surface area contributed by atoms with Crippen molar-refractivity contribution in [1.82, 2.24) is 0 Å². The minimum Gasteiger partial charge on any atom is -0.497 e. The molecular weight excluding hydrogens is 581 g/mol. The molecule has 2 fully saturated rings. The molecule has 0 radical (unpaired) electrons. The highest BCUT2D eigenvalue weighted by atomic mass is 19.4. The molecule has 2 unspecified atom stereocenters. The van der Waals surface area contributed by atoms with Crippen LogP contribution in [0.1, 0.15) is 73.7 Å². The number of carbonyl (C=O) groups is 2. The summed E-state index contributed by atoms with van der Waals surface area (Å²) in [5.74, 6) is -6.47. The zero-order valence-electron chi connectivity index (χ0n) is 24.4. The maximum Gasteiger partial charge on any atom is 0.456 e. The number of methoxy groups -OCH3 is 1. The Labute approximate surface area is 252 Å². The number of allylic oxidation sites excluding steroid dienone is 4. The summed E-state index contributed by atoms with van der Waals surface area (Å²) < 4.78 is 76.8. The molecule has 5 nitrogen and oxygen atoms in total. The standard InChI is InChI=1S/C34H34F5NO4/c1-31-18-27(19-3-5-20(6-4-19)30(42)40-22-8-11-24(44-2)12-9-22)29-25-14-10-23(41)17-21(25)7-13-26(29)28(31)15-16-32(31,43)33(35,36)34(37,38)39/h3-6,8-9,11-12,17,26-28,43H,7,10,13-16,18H2,1-2H3,(H,40,42)/t26?,27-,28?,31+,32-/m1/s1. The summed E-state index contributed by atoms with van der Waals surface area (Å²) in [5.41, 5.74) is -0.561. The summed E-state index contributed by atoms with van der Waals surface area (Å²) in [5, 5.41) is 14.2. The van der Waals surface area contributed by atoms with E-state index < -0.39 is 41.4 Å². The van der Waals surface area contributed by atoms with Gasteiger partial charge >= 0.3 is 12.1 Å². The van der Waals surface area contributed by atoms with Crippen LogP contribution >= 0.6 is 0 Å². The largest absolute Gasteiger partial charge is 0.497 e. The van der Waals surface area contributed by atoms with Crippen molar-refractivity contribution in [1.29, 1.82) is 0 Å². The first-order valence-electron chi connectivity index (χ1n) is 14.9. The smallest absolute Gasteiger partial charge is 0.456 e. The van der Waals surface area contributed by atoms with E-state index in [1.165, 1.54) is 14.0 Å². The third-order valence-corrected chi connectivity index (χ3v) is 10.7. The summed E-state index contributed by atoms with van der Waals surface area (Å²) in [6, 6.07) is 13.4. The lowest BCUT2D eigenvalue weighted by molar-refractivity contribution is -0.362. The number of hydrogen-bond donors (Lipinski definition) is 2. The van der Waals surface area contributed by atoms with Gasteiger partial charge in [0.15, 0.2) is 5.78 Å². The minimum absolute atomic E-state index is 0.0206. The first-order chi connectivity index (χ1) is 20.7. The molecule has 0 aromatic heterocycles. The number of ether oxygens (including phenoxy) is 1. The van der Waals surface area contributed by atoms with Gasteiger partial charge in [-0.25, -0.2) is 0 Å². The Balaban J connectivity index is 1.39. The number of nitrogens with one attached hydrogen (secondary N) is 1. The molecular formula is C34H34F5NO4. The lowest BCUT2D eigenvalue weighted by atomic mass is 9.50. The zero-order chi connectivity index (χ0) is 31.7. The zero-order valence-corrected chi connectivity index (χ0v) is 24.4. The fourth-order valence-corrected chi connectivity index (χ4v) is 8.46. The average Bonchev–Trinajstić information content (AvgIpc) is 3.27. The third-order valence-electron chi connectivity index (χ3n) is 10.7.